The van der Waals surface area contributed by atoms with E-state index in [0.29, 0.717) is 5.56 Å². The first-order chi connectivity index (χ1) is 8.58. The van der Waals surface area contributed by atoms with E-state index in [0.717, 1.165) is 22.8 Å². The molecule has 0 bridgehead atoms. The summed E-state index contributed by atoms with van der Waals surface area (Å²) in [5.41, 5.74) is 1.74. The first-order valence-electron chi connectivity index (χ1n) is 5.95. The second-order valence-corrected chi connectivity index (χ2v) is 5.42. The number of carbonyl (C=O) groups excluding carboxylic acids is 1. The third kappa shape index (κ3) is 4.35. The average molecular weight is 268 g/mol. The standard InChI is InChI=1S/C14H20O3S/c1-10(7-15)8-18-9-13-6-12(11(2)16)4-5-14(13)17-3/h4-6,10,15H,7-9H2,1-3H3. The van der Waals surface area contributed by atoms with Gasteiger partial charge in [-0.2, -0.15) is 11.8 Å². The van der Waals surface area contributed by atoms with Crippen molar-refractivity contribution in [3.05, 3.63) is 29.3 Å². The van der Waals surface area contributed by atoms with Gasteiger partial charge in [0.2, 0.25) is 0 Å². The van der Waals surface area contributed by atoms with Gasteiger partial charge < -0.3 is 9.84 Å². The predicted molar refractivity (Wildman–Crippen MR) is 75.4 cm³/mol. The molecule has 100 valence electrons. The van der Waals surface area contributed by atoms with Gasteiger partial charge in [0.05, 0.1) is 7.11 Å². The van der Waals surface area contributed by atoms with Gasteiger partial charge in [0.15, 0.2) is 5.78 Å². The molecule has 0 aliphatic carbocycles. The molecule has 0 spiro atoms. The third-order valence-corrected chi connectivity index (χ3v) is 3.98. The second-order valence-electron chi connectivity index (χ2n) is 4.39. The molecule has 0 fully saturated rings. The average Bonchev–Trinajstić information content (AvgIpc) is 2.38. The molecule has 0 aliphatic rings. The summed E-state index contributed by atoms with van der Waals surface area (Å²) in [4.78, 5) is 11.3. The minimum atomic E-state index is 0.0626. The van der Waals surface area contributed by atoms with E-state index in [1.165, 1.54) is 0 Å². The molecule has 0 saturated heterocycles. The molecule has 0 aliphatic heterocycles. The number of ether oxygens (including phenoxy) is 1. The Bertz CT molecular complexity index is 404. The molecule has 1 unspecified atom stereocenters. The Morgan fingerprint density at radius 1 is 1.50 bits per heavy atom. The number of hydrogen-bond acceptors (Lipinski definition) is 4. The lowest BCUT2D eigenvalue weighted by molar-refractivity contribution is 0.101. The van der Waals surface area contributed by atoms with Crippen LogP contribution in [0, 0.1) is 5.92 Å². The van der Waals surface area contributed by atoms with Crippen molar-refractivity contribution in [2.75, 3.05) is 19.5 Å². The van der Waals surface area contributed by atoms with Crippen molar-refractivity contribution in [1.82, 2.24) is 0 Å². The van der Waals surface area contributed by atoms with Crippen LogP contribution in [-0.4, -0.2) is 30.4 Å². The summed E-state index contributed by atoms with van der Waals surface area (Å²) < 4.78 is 5.29. The topological polar surface area (TPSA) is 46.5 Å². The highest BCUT2D eigenvalue weighted by Crippen LogP contribution is 2.25. The maximum atomic E-state index is 11.3. The van der Waals surface area contributed by atoms with Gasteiger partial charge >= 0.3 is 0 Å². The normalized spacial score (nSPS) is 12.2. The van der Waals surface area contributed by atoms with Gasteiger partial charge in [-0.25, -0.2) is 0 Å². The van der Waals surface area contributed by atoms with Crippen LogP contribution in [-0.2, 0) is 5.75 Å². The van der Waals surface area contributed by atoms with Gasteiger partial charge in [0.1, 0.15) is 5.75 Å². The molecule has 3 nitrogen and oxygen atoms in total. The smallest absolute Gasteiger partial charge is 0.159 e. The number of rotatable bonds is 7. The molecule has 0 amide bonds. The molecule has 1 aromatic carbocycles. The van der Waals surface area contributed by atoms with Crippen molar-refractivity contribution < 1.29 is 14.6 Å². The lowest BCUT2D eigenvalue weighted by atomic mass is 10.1. The number of aliphatic hydroxyl groups is 1. The summed E-state index contributed by atoms with van der Waals surface area (Å²) in [6.45, 7) is 3.78. The van der Waals surface area contributed by atoms with E-state index in [4.69, 9.17) is 9.84 Å². The summed E-state index contributed by atoms with van der Waals surface area (Å²) in [5.74, 6) is 2.84. The lowest BCUT2D eigenvalue weighted by Crippen LogP contribution is -2.04. The zero-order chi connectivity index (χ0) is 13.5. The van der Waals surface area contributed by atoms with E-state index in [2.05, 4.69) is 0 Å². The Morgan fingerprint density at radius 3 is 2.78 bits per heavy atom. The van der Waals surface area contributed by atoms with Gasteiger partial charge in [-0.05, 0) is 36.8 Å². The molecule has 0 aromatic heterocycles. The zero-order valence-corrected chi connectivity index (χ0v) is 11.9. The van der Waals surface area contributed by atoms with Crippen LogP contribution in [0.25, 0.3) is 0 Å². The monoisotopic (exact) mass is 268 g/mol. The van der Waals surface area contributed by atoms with Crippen LogP contribution in [0.5, 0.6) is 5.75 Å². The lowest BCUT2D eigenvalue weighted by Gasteiger charge is -2.11. The van der Waals surface area contributed by atoms with E-state index in [1.54, 1.807) is 31.9 Å². The predicted octanol–water partition coefficient (Wildman–Crippen LogP) is 2.76. The molecule has 18 heavy (non-hydrogen) atoms. The van der Waals surface area contributed by atoms with E-state index in [-0.39, 0.29) is 18.3 Å². The molecule has 0 heterocycles. The summed E-state index contributed by atoms with van der Waals surface area (Å²) in [6.07, 6.45) is 0. The van der Waals surface area contributed by atoms with Gasteiger partial charge in [-0.1, -0.05) is 6.92 Å². The minimum absolute atomic E-state index is 0.0626. The molecule has 1 aromatic rings. The Hall–Kier alpha value is -1.00. The number of Topliss-reactive ketones (excluding diaryl/α,β-unsaturated/α-hetero) is 1. The summed E-state index contributed by atoms with van der Waals surface area (Å²) in [6, 6.07) is 5.51. The fraction of sp³-hybridized carbons (Fsp3) is 0.500. The highest BCUT2D eigenvalue weighted by Gasteiger charge is 2.08. The van der Waals surface area contributed by atoms with Gasteiger partial charge in [-0.15, -0.1) is 0 Å². The van der Waals surface area contributed by atoms with Gasteiger partial charge in [0.25, 0.3) is 0 Å². The SMILES string of the molecule is COc1ccc(C(C)=O)cc1CSCC(C)CO. The van der Waals surface area contributed by atoms with E-state index in [1.807, 2.05) is 19.1 Å². The van der Waals surface area contributed by atoms with E-state index < -0.39 is 0 Å². The Kier molecular flexibility index (Phi) is 6.22. The van der Waals surface area contributed by atoms with Crippen molar-refractivity contribution in [2.45, 2.75) is 19.6 Å². The van der Waals surface area contributed by atoms with Crippen LogP contribution in [0.4, 0.5) is 0 Å². The number of aliphatic hydroxyl groups excluding tert-OH is 1. The molecule has 0 radical (unpaired) electrons. The zero-order valence-electron chi connectivity index (χ0n) is 11.1. The van der Waals surface area contributed by atoms with Gasteiger partial charge in [0, 0.05) is 23.5 Å². The van der Waals surface area contributed by atoms with Crippen LogP contribution in [0.3, 0.4) is 0 Å². The van der Waals surface area contributed by atoms with Crippen LogP contribution in [0.1, 0.15) is 29.8 Å². The summed E-state index contributed by atoms with van der Waals surface area (Å²) in [5, 5.41) is 8.97. The van der Waals surface area contributed by atoms with Crippen LogP contribution in [0.2, 0.25) is 0 Å². The Labute approximate surface area is 113 Å². The molecule has 1 N–H and O–H groups in total. The van der Waals surface area contributed by atoms with Crippen molar-refractivity contribution in [3.63, 3.8) is 0 Å². The van der Waals surface area contributed by atoms with E-state index >= 15 is 0 Å². The van der Waals surface area contributed by atoms with Crippen molar-refractivity contribution in [1.29, 1.82) is 0 Å². The number of benzene rings is 1. The molecular weight excluding hydrogens is 248 g/mol. The third-order valence-electron chi connectivity index (χ3n) is 2.66. The number of ketones is 1. The summed E-state index contributed by atoms with van der Waals surface area (Å²) in [7, 11) is 1.63. The second kappa shape index (κ2) is 7.44. The highest BCUT2D eigenvalue weighted by molar-refractivity contribution is 7.98. The van der Waals surface area contributed by atoms with Crippen molar-refractivity contribution >= 4 is 17.5 Å². The van der Waals surface area contributed by atoms with Crippen molar-refractivity contribution in [2.24, 2.45) is 5.92 Å². The number of methoxy groups -OCH3 is 1. The van der Waals surface area contributed by atoms with Crippen LogP contribution < -0.4 is 4.74 Å². The number of hydrogen-bond donors (Lipinski definition) is 1. The highest BCUT2D eigenvalue weighted by atomic mass is 32.2. The van der Waals surface area contributed by atoms with Crippen molar-refractivity contribution in [3.8, 4) is 5.75 Å². The minimum Gasteiger partial charge on any atom is -0.496 e. The van der Waals surface area contributed by atoms with Crippen LogP contribution >= 0.6 is 11.8 Å². The molecule has 0 saturated carbocycles. The number of carbonyl (C=O) groups is 1. The van der Waals surface area contributed by atoms with Gasteiger partial charge in [-0.3, -0.25) is 4.79 Å². The molecule has 4 heteroatoms. The Balaban J connectivity index is 2.72. The van der Waals surface area contributed by atoms with E-state index in [9.17, 15) is 4.79 Å². The maximum Gasteiger partial charge on any atom is 0.159 e. The first-order valence-corrected chi connectivity index (χ1v) is 7.10. The fourth-order valence-corrected chi connectivity index (χ4v) is 2.60. The summed E-state index contributed by atoms with van der Waals surface area (Å²) >= 11 is 1.74. The molecule has 1 rings (SSSR count). The first kappa shape index (κ1) is 15.1. The van der Waals surface area contributed by atoms with Crippen LogP contribution in [0.15, 0.2) is 18.2 Å². The Morgan fingerprint density at radius 2 is 2.22 bits per heavy atom. The maximum absolute atomic E-state index is 11.3. The fourth-order valence-electron chi connectivity index (χ4n) is 1.53. The molecule has 1 atom stereocenters. The number of thioether (sulfide) groups is 1. The largest absolute Gasteiger partial charge is 0.496 e. The quantitative estimate of drug-likeness (QED) is 0.772. The molecular formula is C14H20O3S.